The molecule has 468 valence electrons. The number of aromatic nitrogens is 1. The lowest BCUT2D eigenvalue weighted by atomic mass is 9.43. The van der Waals surface area contributed by atoms with Gasteiger partial charge in [-0.05, 0) is 97.1 Å². The Morgan fingerprint density at radius 2 is 1.24 bits per heavy atom. The second-order valence-electron chi connectivity index (χ2n) is 25.4. The predicted octanol–water partition coefficient (Wildman–Crippen LogP) is 1.63. The molecule has 5 saturated heterocycles. The van der Waals surface area contributed by atoms with Crippen LogP contribution in [0.25, 0.3) is 0 Å². The van der Waals surface area contributed by atoms with Crippen molar-refractivity contribution in [2.75, 3.05) is 20.8 Å². The fourth-order valence-electron chi connectivity index (χ4n) is 15.9. The van der Waals surface area contributed by atoms with Gasteiger partial charge in [-0.3, -0.25) is 9.78 Å². The molecule has 4 aliphatic carbocycles. The Kier molecular flexibility index (Phi) is 19.1. The van der Waals surface area contributed by atoms with Crippen LogP contribution in [0.2, 0.25) is 0 Å². The number of hydrogen-bond acceptors (Lipinski definition) is 24. The summed E-state index contributed by atoms with van der Waals surface area (Å²) in [6, 6.07) is 3.27. The molecule has 9 aliphatic rings. The highest BCUT2D eigenvalue weighted by molar-refractivity contribution is 5.89. The first-order chi connectivity index (χ1) is 39.4. The Bertz CT molecular complexity index is 2400. The number of fused-ring (bicyclic) bond motifs is 5. The first-order valence-corrected chi connectivity index (χ1v) is 29.7. The van der Waals surface area contributed by atoms with Crippen LogP contribution in [0, 0.1) is 22.7 Å². The van der Waals surface area contributed by atoms with Crippen LogP contribution in [0.1, 0.15) is 129 Å². The van der Waals surface area contributed by atoms with Crippen LogP contribution < -0.4 is 0 Å². The molecule has 29 atom stereocenters. The average molecular weight is 1180 g/mol. The molecule has 10 rings (SSSR count). The lowest BCUT2D eigenvalue weighted by Crippen LogP contribution is -2.75. The summed E-state index contributed by atoms with van der Waals surface area (Å²) in [5, 5.41) is 89.5. The van der Waals surface area contributed by atoms with E-state index in [1.807, 2.05) is 13.0 Å². The van der Waals surface area contributed by atoms with Crippen molar-refractivity contribution in [2.45, 2.75) is 272 Å². The molecule has 6 heterocycles. The minimum atomic E-state index is -1.72. The second kappa shape index (κ2) is 25.0. The third-order valence-corrected chi connectivity index (χ3v) is 20.6. The number of carbonyl (C=O) groups excluding carboxylic acids is 2. The van der Waals surface area contributed by atoms with Crippen molar-refractivity contribution in [2.24, 2.45) is 22.7 Å². The van der Waals surface area contributed by atoms with Crippen molar-refractivity contribution in [3.8, 4) is 0 Å². The van der Waals surface area contributed by atoms with E-state index >= 15 is 0 Å². The van der Waals surface area contributed by atoms with Gasteiger partial charge in [-0.2, -0.15) is 0 Å². The predicted molar refractivity (Wildman–Crippen MR) is 285 cm³/mol. The van der Waals surface area contributed by atoms with Crippen LogP contribution in [0.3, 0.4) is 0 Å². The van der Waals surface area contributed by atoms with Crippen LogP contribution in [0.5, 0.6) is 0 Å². The molecule has 0 radical (unpaired) electrons. The molecule has 0 amide bonds. The summed E-state index contributed by atoms with van der Waals surface area (Å²) in [5.41, 5.74) is -3.78. The maximum Gasteiger partial charge on any atom is 0.339 e. The Balaban J connectivity index is 0.704. The number of pyridine rings is 1. The molecule has 0 spiro atoms. The van der Waals surface area contributed by atoms with Gasteiger partial charge in [-0.1, -0.05) is 25.5 Å². The van der Waals surface area contributed by atoms with Crippen molar-refractivity contribution in [3.63, 3.8) is 0 Å². The van der Waals surface area contributed by atoms with E-state index in [9.17, 15) is 50.4 Å². The summed E-state index contributed by atoms with van der Waals surface area (Å²) < 4.78 is 80.6. The van der Waals surface area contributed by atoms with E-state index in [0.717, 1.165) is 5.57 Å². The third kappa shape index (κ3) is 11.7. The van der Waals surface area contributed by atoms with Crippen molar-refractivity contribution in [3.05, 3.63) is 41.7 Å². The number of aliphatic hydroxyl groups excluding tert-OH is 6. The van der Waals surface area contributed by atoms with Gasteiger partial charge in [0.1, 0.15) is 71.9 Å². The molecule has 8 fully saturated rings. The number of hydrogen-bond donors (Lipinski definition) is 8. The average Bonchev–Trinajstić information content (AvgIpc) is 1.72. The molecule has 0 bridgehead atoms. The monoisotopic (exact) mass is 1180 g/mol. The van der Waals surface area contributed by atoms with E-state index in [-0.39, 0.29) is 56.0 Å². The van der Waals surface area contributed by atoms with Gasteiger partial charge < -0.3 is 102 Å². The molecule has 83 heavy (non-hydrogen) atoms. The minimum Gasteiger partial charge on any atom is -0.458 e. The molecular formula is C59H89NO23. The molecule has 5 aliphatic heterocycles. The Morgan fingerprint density at radius 3 is 1.78 bits per heavy atom. The van der Waals surface area contributed by atoms with Gasteiger partial charge in [0.25, 0.3) is 0 Å². The molecule has 0 unspecified atom stereocenters. The number of carbonyl (C=O) groups is 2. The topological polar surface area (TPSA) is 329 Å². The summed E-state index contributed by atoms with van der Waals surface area (Å²) in [4.78, 5) is 31.0. The van der Waals surface area contributed by atoms with E-state index in [1.165, 1.54) is 20.2 Å². The summed E-state index contributed by atoms with van der Waals surface area (Å²) in [6.07, 6.45) is -12.3. The van der Waals surface area contributed by atoms with Crippen molar-refractivity contribution >= 4 is 11.8 Å². The van der Waals surface area contributed by atoms with E-state index in [0.29, 0.717) is 32.1 Å². The van der Waals surface area contributed by atoms with Gasteiger partial charge in [-0.15, -0.1) is 0 Å². The smallest absolute Gasteiger partial charge is 0.339 e. The number of rotatable bonds is 16. The van der Waals surface area contributed by atoms with E-state index in [2.05, 4.69) is 11.9 Å². The van der Waals surface area contributed by atoms with E-state index in [4.69, 9.17) is 61.6 Å². The van der Waals surface area contributed by atoms with Crippen LogP contribution in [-0.4, -0.2) is 231 Å². The number of Topliss-reactive ketones (excluding diaryl/α,β-unsaturated/α-hetero) is 1. The maximum absolute atomic E-state index is 13.7. The fraction of sp³-hybridized carbons (Fsp3) is 0.847. The number of aliphatic hydroxyl groups is 8. The van der Waals surface area contributed by atoms with Crippen molar-refractivity contribution in [1.82, 2.24) is 4.98 Å². The molecule has 1 aromatic rings. The maximum atomic E-state index is 13.7. The molecule has 24 nitrogen and oxygen atoms in total. The van der Waals surface area contributed by atoms with Gasteiger partial charge in [-0.25, -0.2) is 4.79 Å². The summed E-state index contributed by atoms with van der Waals surface area (Å²) >= 11 is 0. The Hall–Kier alpha value is -2.77. The van der Waals surface area contributed by atoms with Gasteiger partial charge in [0.2, 0.25) is 0 Å². The zero-order valence-electron chi connectivity index (χ0n) is 49.0. The van der Waals surface area contributed by atoms with Crippen LogP contribution >= 0.6 is 0 Å². The van der Waals surface area contributed by atoms with Crippen LogP contribution in [0.4, 0.5) is 0 Å². The first kappa shape index (κ1) is 63.3. The second-order valence-corrected chi connectivity index (χ2v) is 25.4. The highest BCUT2D eigenvalue weighted by Gasteiger charge is 2.77. The molecular weight excluding hydrogens is 1090 g/mol. The number of methoxy groups -OCH3 is 2. The molecule has 8 N–H and O–H groups in total. The zero-order chi connectivity index (χ0) is 59.7. The standard InChI is InChI=1S/C59H89NO23/c1-27(62)35-14-17-59(70)57(35,7)42(79-54(68)32-11-10-18-60-25-32)24-41-56(6)15-13-34(19-33(56)12-16-58(41,59)69)77-45-22-38(71-8)52(30(4)75-45)82-44-21-37(64)50(28(2)74-44)80-43-20-36(63)51(29(3)73-43)81-46-23-39(72-9)53(31(5)76-46)83-55-49(67)48(66)47(65)40(26-61)78-55/h10-12,18,25,28-31,34-53,55,61,63-67,69-70H,13-17,19-24,26H2,1-9H3/t28-,29-,30-,31-,34+,35-,36+,37+,38+,39-,40-,41-,42-,43-,44-,45-,46-,47+,48+,49-,50+,51+,52+,53-,55-,56+,57+,58+,59-/m1/s1. The van der Waals surface area contributed by atoms with E-state index < -0.39 is 182 Å². The minimum absolute atomic E-state index is 0.00141. The van der Waals surface area contributed by atoms with E-state index in [1.54, 1.807) is 53.1 Å². The van der Waals surface area contributed by atoms with Crippen LogP contribution in [-0.2, 0) is 66.4 Å². The lowest BCUT2D eigenvalue weighted by Gasteiger charge is -2.66. The highest BCUT2D eigenvalue weighted by atomic mass is 16.8. The number of ether oxygens (including phenoxy) is 13. The van der Waals surface area contributed by atoms with Crippen molar-refractivity contribution in [1.29, 1.82) is 0 Å². The lowest BCUT2D eigenvalue weighted by molar-refractivity contribution is -0.357. The summed E-state index contributed by atoms with van der Waals surface area (Å²) in [6.45, 7) is 11.9. The molecule has 24 heteroatoms. The van der Waals surface area contributed by atoms with Crippen molar-refractivity contribution < 1.29 is 112 Å². The van der Waals surface area contributed by atoms with Gasteiger partial charge in [0.05, 0.1) is 67.1 Å². The summed E-state index contributed by atoms with van der Waals surface area (Å²) in [5.74, 6) is -1.83. The zero-order valence-corrected chi connectivity index (χ0v) is 49.0. The highest BCUT2D eigenvalue weighted by Crippen LogP contribution is 2.70. The largest absolute Gasteiger partial charge is 0.458 e. The van der Waals surface area contributed by atoms with Gasteiger partial charge in [0.15, 0.2) is 31.5 Å². The van der Waals surface area contributed by atoms with Crippen LogP contribution in [0.15, 0.2) is 36.2 Å². The number of ketones is 1. The summed E-state index contributed by atoms with van der Waals surface area (Å²) in [7, 11) is 3.07. The quantitative estimate of drug-likeness (QED) is 0.0861. The normalized spacial score (nSPS) is 50.1. The van der Waals surface area contributed by atoms with Gasteiger partial charge >= 0.3 is 5.97 Å². The Labute approximate surface area is 484 Å². The Morgan fingerprint density at radius 1 is 0.687 bits per heavy atom. The molecule has 0 aromatic carbocycles. The number of nitrogens with zero attached hydrogens (tertiary/aromatic N) is 1. The first-order valence-electron chi connectivity index (χ1n) is 29.7. The molecule has 1 aromatic heterocycles. The number of esters is 1. The third-order valence-electron chi connectivity index (χ3n) is 20.6. The molecule has 3 saturated carbocycles. The van der Waals surface area contributed by atoms with Gasteiger partial charge in [0, 0.05) is 69.5 Å². The fourth-order valence-corrected chi connectivity index (χ4v) is 15.9. The SMILES string of the molecule is CO[C@H]1C[C@@H](O[C@H]2CC[C@@]3(C)C(=CC[C@]4(O)[C@@H]3C[C@@H](OC(=O)c3cccnc3)[C@]3(C)[C@@H](C(C)=O)CC[C@@]34O)C2)O[C@H](C)[C@@H]1O[C@@H]1C[C@H](O)[C@@H](O[C@@H]2C[C@H](O)[C@@H](O[C@@H]3C[C@@H](OC)[C@H](O[C@H]4O[C@H](CO)[C@H](O)[C@H](O)[C@H]4O)[C@@H](C)O3)[C@@H](C)O2)[C@@H](C)O1.